The van der Waals surface area contributed by atoms with Crippen molar-refractivity contribution >= 4 is 19.8 Å². The van der Waals surface area contributed by atoms with E-state index in [1.165, 1.54) is 0 Å². The van der Waals surface area contributed by atoms with E-state index >= 15 is 0 Å². The summed E-state index contributed by atoms with van der Waals surface area (Å²) in [5.74, 6) is 0. The van der Waals surface area contributed by atoms with Gasteiger partial charge in [-0.1, -0.05) is 24.3 Å². The minimum atomic E-state index is 0. The third-order valence-electron chi connectivity index (χ3n) is 0.655. The van der Waals surface area contributed by atoms with Crippen molar-refractivity contribution in [2.45, 2.75) is 6.42 Å². The molecule has 0 saturated heterocycles. The average molecular weight is 139 g/mol. The van der Waals surface area contributed by atoms with Crippen LogP contribution in [-0.2, 0) is 0 Å². The Morgan fingerprint density at radius 2 is 1.50 bits per heavy atom. The van der Waals surface area contributed by atoms with E-state index in [0.717, 1.165) is 6.42 Å². The van der Waals surface area contributed by atoms with E-state index in [9.17, 15) is 0 Å². The van der Waals surface area contributed by atoms with Gasteiger partial charge in [-0.3, -0.25) is 0 Å². The summed E-state index contributed by atoms with van der Waals surface area (Å²) in [4.78, 5) is 0. The van der Waals surface area contributed by atoms with Crippen molar-refractivity contribution in [1.82, 2.24) is 0 Å². The molecular weight excluding hydrogens is 130 g/mol. The summed E-state index contributed by atoms with van der Waals surface area (Å²) in [6.45, 7) is 0. The van der Waals surface area contributed by atoms with Crippen LogP contribution in [0.4, 0.5) is 0 Å². The van der Waals surface area contributed by atoms with Crippen LogP contribution in [0.3, 0.4) is 0 Å². The second-order valence-electron chi connectivity index (χ2n) is 1.09. The fraction of sp³-hybridized carbons (Fsp3) is 0.200. The van der Waals surface area contributed by atoms with Crippen LogP contribution in [-0.4, -0.2) is 19.8 Å². The van der Waals surface area contributed by atoms with Crippen LogP contribution >= 0.6 is 0 Å². The molecule has 0 atom stereocenters. The van der Waals surface area contributed by atoms with E-state index in [2.05, 4.69) is 24.3 Å². The summed E-state index contributed by atoms with van der Waals surface area (Å²) in [6.07, 6.45) is 9.50. The summed E-state index contributed by atoms with van der Waals surface area (Å²) < 4.78 is 0. The first-order valence-corrected chi connectivity index (χ1v) is 1.82. The summed E-state index contributed by atoms with van der Waals surface area (Å²) >= 11 is 0. The van der Waals surface area contributed by atoms with Crippen LogP contribution in [0.15, 0.2) is 24.3 Å². The van der Waals surface area contributed by atoms with E-state index in [-0.39, 0.29) is 19.8 Å². The van der Waals surface area contributed by atoms with Crippen molar-refractivity contribution in [1.29, 1.82) is 0 Å². The van der Waals surface area contributed by atoms with Gasteiger partial charge < -0.3 is 0 Å². The molecule has 0 radical (unpaired) electrons. The second kappa shape index (κ2) is 3.31. The predicted octanol–water partition coefficient (Wildman–Crippen LogP) is 0.319. The van der Waals surface area contributed by atoms with Crippen LogP contribution in [0.2, 0.25) is 0 Å². The molecule has 1 rings (SSSR count). The molecule has 1 heteroatoms. The standard InChI is InChI=1S/C5H6.Ga.3H/c1-2-4-5-3-1;;;;/h1-4H,5H2;;;;. The molecule has 0 amide bonds. The number of hydrogen-bond donors (Lipinski definition) is 0. The Morgan fingerprint density at radius 3 is 1.67 bits per heavy atom. The van der Waals surface area contributed by atoms with Gasteiger partial charge in [0, 0.05) is 0 Å². The normalized spacial score (nSPS) is 14.7. The van der Waals surface area contributed by atoms with Gasteiger partial charge in [-0.2, -0.15) is 0 Å². The SMILES string of the molecule is C1=CCC=C1.[GaH3]. The van der Waals surface area contributed by atoms with Crippen molar-refractivity contribution < 1.29 is 0 Å². The molecule has 0 heterocycles. The molecular formula is C5H9Ga. The zero-order valence-corrected chi connectivity index (χ0v) is 3.02. The summed E-state index contributed by atoms with van der Waals surface area (Å²) in [5, 5.41) is 0. The molecule has 0 N–H and O–H groups in total. The Hall–Kier alpha value is 0.116. The van der Waals surface area contributed by atoms with Crippen LogP contribution in [0.5, 0.6) is 0 Å². The van der Waals surface area contributed by atoms with Gasteiger partial charge in [-0.25, -0.2) is 0 Å². The summed E-state index contributed by atoms with van der Waals surface area (Å²) in [6, 6.07) is 0. The fourth-order valence-corrected chi connectivity index (χ4v) is 0.393. The van der Waals surface area contributed by atoms with Crippen molar-refractivity contribution in [2.75, 3.05) is 0 Å². The molecule has 1 aliphatic carbocycles. The van der Waals surface area contributed by atoms with Gasteiger partial charge in [-0.15, -0.1) is 0 Å². The number of rotatable bonds is 0. The Morgan fingerprint density at radius 1 is 1.00 bits per heavy atom. The maximum absolute atomic E-state index is 2.12. The fourth-order valence-electron chi connectivity index (χ4n) is 0.393. The molecule has 6 heavy (non-hydrogen) atoms. The van der Waals surface area contributed by atoms with E-state index in [1.54, 1.807) is 0 Å². The van der Waals surface area contributed by atoms with E-state index in [1.807, 2.05) is 0 Å². The number of allylic oxidation sites excluding steroid dienone is 4. The molecule has 0 aromatic rings. The van der Waals surface area contributed by atoms with Crippen molar-refractivity contribution in [3.63, 3.8) is 0 Å². The topological polar surface area (TPSA) is 0 Å². The monoisotopic (exact) mass is 138 g/mol. The van der Waals surface area contributed by atoms with Gasteiger partial charge in [-0.05, 0) is 6.42 Å². The molecule has 0 nitrogen and oxygen atoms in total. The molecule has 0 spiro atoms. The maximum atomic E-state index is 2.12. The first kappa shape index (κ1) is 6.12. The molecule has 32 valence electrons. The Bertz CT molecular complexity index is 62.0. The van der Waals surface area contributed by atoms with E-state index < -0.39 is 0 Å². The first-order valence-electron chi connectivity index (χ1n) is 1.82. The Labute approximate surface area is 51.0 Å². The quantitative estimate of drug-likeness (QED) is 0.424. The molecule has 0 aromatic heterocycles. The van der Waals surface area contributed by atoms with Crippen molar-refractivity contribution in [2.24, 2.45) is 0 Å². The molecule has 0 fully saturated rings. The van der Waals surface area contributed by atoms with Gasteiger partial charge in [0.25, 0.3) is 0 Å². The van der Waals surface area contributed by atoms with Gasteiger partial charge in [0.1, 0.15) is 0 Å². The Kier molecular flexibility index (Phi) is 3.38. The van der Waals surface area contributed by atoms with Crippen LogP contribution in [0.1, 0.15) is 6.42 Å². The van der Waals surface area contributed by atoms with E-state index in [4.69, 9.17) is 0 Å². The van der Waals surface area contributed by atoms with Crippen LogP contribution < -0.4 is 0 Å². The van der Waals surface area contributed by atoms with Crippen LogP contribution in [0.25, 0.3) is 0 Å². The summed E-state index contributed by atoms with van der Waals surface area (Å²) in [7, 11) is 0. The third kappa shape index (κ3) is 1.53. The molecule has 0 unspecified atom stereocenters. The number of hydrogen-bond acceptors (Lipinski definition) is 0. The zero-order valence-electron chi connectivity index (χ0n) is 3.02. The second-order valence-corrected chi connectivity index (χ2v) is 1.09. The van der Waals surface area contributed by atoms with Gasteiger partial charge in [0.15, 0.2) is 0 Å². The zero-order chi connectivity index (χ0) is 3.54. The van der Waals surface area contributed by atoms with Crippen LogP contribution in [0, 0.1) is 0 Å². The molecule has 0 aromatic carbocycles. The minimum absolute atomic E-state index is 0. The van der Waals surface area contributed by atoms with Gasteiger partial charge >= 0.3 is 19.8 Å². The average Bonchev–Trinajstić information content (AvgIpc) is 1.76. The molecule has 0 aliphatic heterocycles. The van der Waals surface area contributed by atoms with Crippen molar-refractivity contribution in [3.05, 3.63) is 24.3 Å². The Balaban J connectivity index is 0.000000250. The van der Waals surface area contributed by atoms with Gasteiger partial charge in [0.05, 0.1) is 0 Å². The molecule has 1 aliphatic rings. The third-order valence-corrected chi connectivity index (χ3v) is 0.655. The molecule has 0 saturated carbocycles. The molecule has 0 bridgehead atoms. The van der Waals surface area contributed by atoms with Gasteiger partial charge in [0.2, 0.25) is 0 Å². The first-order chi connectivity index (χ1) is 2.50. The van der Waals surface area contributed by atoms with E-state index in [0.29, 0.717) is 0 Å². The summed E-state index contributed by atoms with van der Waals surface area (Å²) in [5.41, 5.74) is 0. The predicted molar refractivity (Wildman–Crippen MR) is 32.8 cm³/mol. The van der Waals surface area contributed by atoms with Crippen molar-refractivity contribution in [3.8, 4) is 0 Å².